The second kappa shape index (κ2) is 5.43. The van der Waals surface area contributed by atoms with Crippen molar-refractivity contribution >= 4 is 5.91 Å². The summed E-state index contributed by atoms with van der Waals surface area (Å²) in [7, 11) is 0. The van der Waals surface area contributed by atoms with Crippen LogP contribution in [0.4, 0.5) is 13.2 Å². The minimum Gasteiger partial charge on any atom is -0.447 e. The number of carbonyl (C=O) groups excluding carboxylic acids is 1. The smallest absolute Gasteiger partial charge is 0.412 e. The molecule has 1 aliphatic rings. The number of aromatic nitrogens is 2. The van der Waals surface area contributed by atoms with E-state index in [0.29, 0.717) is 5.76 Å². The van der Waals surface area contributed by atoms with Crippen LogP contribution in [0.1, 0.15) is 46.6 Å². The molecule has 3 rings (SSSR count). The number of nitrogens with zero attached hydrogens (tertiary/aromatic N) is 2. The number of oxazole rings is 1. The Hall–Kier alpha value is -2.38. The summed E-state index contributed by atoms with van der Waals surface area (Å²) in [5.41, 5.74) is -0.222. The summed E-state index contributed by atoms with van der Waals surface area (Å²) >= 11 is 0. The van der Waals surface area contributed by atoms with E-state index in [4.69, 9.17) is 4.42 Å². The second-order valence-corrected chi connectivity index (χ2v) is 5.07. The minimum atomic E-state index is -4.64. The summed E-state index contributed by atoms with van der Waals surface area (Å²) in [5.74, 6) is -0.475. The first-order valence-electron chi connectivity index (χ1n) is 6.67. The van der Waals surface area contributed by atoms with Gasteiger partial charge in [-0.05, 0) is 18.9 Å². The molecule has 0 aliphatic heterocycles. The molecule has 1 fully saturated rings. The van der Waals surface area contributed by atoms with Crippen LogP contribution in [0.15, 0.2) is 35.3 Å². The molecule has 22 heavy (non-hydrogen) atoms. The number of alkyl halides is 3. The number of rotatable bonds is 4. The maximum atomic E-state index is 13.2. The zero-order valence-electron chi connectivity index (χ0n) is 11.3. The summed E-state index contributed by atoms with van der Waals surface area (Å²) < 4.78 is 44.7. The van der Waals surface area contributed by atoms with Gasteiger partial charge in [0.15, 0.2) is 18.1 Å². The van der Waals surface area contributed by atoms with E-state index in [-0.39, 0.29) is 17.2 Å². The average molecular weight is 311 g/mol. The lowest BCUT2D eigenvalue weighted by molar-refractivity contribution is -0.155. The van der Waals surface area contributed by atoms with E-state index < -0.39 is 18.1 Å². The second-order valence-electron chi connectivity index (χ2n) is 5.07. The quantitative estimate of drug-likeness (QED) is 0.942. The van der Waals surface area contributed by atoms with E-state index in [1.54, 1.807) is 0 Å². The zero-order chi connectivity index (χ0) is 15.7. The first kappa shape index (κ1) is 14.6. The largest absolute Gasteiger partial charge is 0.447 e. The van der Waals surface area contributed by atoms with E-state index in [1.807, 2.05) is 5.32 Å². The Balaban J connectivity index is 1.84. The number of pyridine rings is 1. The van der Waals surface area contributed by atoms with E-state index >= 15 is 0 Å². The van der Waals surface area contributed by atoms with E-state index in [2.05, 4.69) is 9.97 Å². The normalized spacial score (nSPS) is 16.3. The van der Waals surface area contributed by atoms with Crippen LogP contribution in [0.3, 0.4) is 0 Å². The maximum absolute atomic E-state index is 13.2. The Kier molecular flexibility index (Phi) is 3.59. The highest BCUT2D eigenvalue weighted by molar-refractivity contribution is 5.93. The third kappa shape index (κ3) is 2.95. The van der Waals surface area contributed by atoms with Crippen molar-refractivity contribution in [2.24, 2.45) is 0 Å². The molecule has 1 aliphatic carbocycles. The summed E-state index contributed by atoms with van der Waals surface area (Å²) in [6.45, 7) is 0. The van der Waals surface area contributed by atoms with Gasteiger partial charge in [0.25, 0.3) is 5.91 Å². The number of nitrogens with one attached hydrogen (secondary N) is 1. The van der Waals surface area contributed by atoms with Crippen molar-refractivity contribution in [3.05, 3.63) is 47.9 Å². The topological polar surface area (TPSA) is 68.0 Å². The van der Waals surface area contributed by atoms with Gasteiger partial charge in [0.2, 0.25) is 0 Å². The van der Waals surface area contributed by atoms with Crippen molar-refractivity contribution in [2.45, 2.75) is 31.0 Å². The van der Waals surface area contributed by atoms with Crippen LogP contribution in [-0.4, -0.2) is 22.1 Å². The van der Waals surface area contributed by atoms with Crippen LogP contribution in [0, 0.1) is 0 Å². The molecule has 0 saturated heterocycles. The molecule has 0 radical (unpaired) electrons. The van der Waals surface area contributed by atoms with Gasteiger partial charge in [-0.25, -0.2) is 4.98 Å². The molecule has 5 nitrogen and oxygen atoms in total. The molecule has 0 unspecified atom stereocenters. The van der Waals surface area contributed by atoms with E-state index in [9.17, 15) is 18.0 Å². The van der Waals surface area contributed by atoms with Crippen molar-refractivity contribution in [3.63, 3.8) is 0 Å². The highest BCUT2D eigenvalue weighted by Gasteiger charge is 2.43. The van der Waals surface area contributed by atoms with Crippen molar-refractivity contribution < 1.29 is 22.4 Å². The van der Waals surface area contributed by atoms with Gasteiger partial charge in [-0.2, -0.15) is 13.2 Å². The van der Waals surface area contributed by atoms with Gasteiger partial charge in [0.05, 0.1) is 0 Å². The van der Waals surface area contributed by atoms with Crippen LogP contribution in [0.25, 0.3) is 0 Å². The summed E-state index contributed by atoms with van der Waals surface area (Å²) in [4.78, 5) is 19.5. The van der Waals surface area contributed by atoms with E-state index in [0.717, 1.165) is 25.4 Å². The van der Waals surface area contributed by atoms with Crippen LogP contribution in [-0.2, 0) is 0 Å². The molecule has 0 aromatic carbocycles. The van der Waals surface area contributed by atoms with Crippen LogP contribution in [0.5, 0.6) is 0 Å². The fraction of sp³-hybridized carbons (Fsp3) is 0.357. The van der Waals surface area contributed by atoms with Crippen LogP contribution < -0.4 is 5.32 Å². The Labute approximate surface area is 123 Å². The Bertz CT molecular complexity index is 665. The van der Waals surface area contributed by atoms with E-state index in [1.165, 1.54) is 18.3 Å². The summed E-state index contributed by atoms with van der Waals surface area (Å²) in [6.07, 6.45) is 0.573. The number of halogens is 3. The lowest BCUT2D eigenvalue weighted by Crippen LogP contribution is -2.38. The highest BCUT2D eigenvalue weighted by atomic mass is 19.4. The Morgan fingerprint density at radius 1 is 1.41 bits per heavy atom. The van der Waals surface area contributed by atoms with Gasteiger partial charge >= 0.3 is 6.18 Å². The highest BCUT2D eigenvalue weighted by Crippen LogP contribution is 2.41. The first-order chi connectivity index (χ1) is 10.5. The maximum Gasteiger partial charge on any atom is 0.412 e. The Morgan fingerprint density at radius 3 is 2.77 bits per heavy atom. The van der Waals surface area contributed by atoms with Crippen molar-refractivity contribution in [1.29, 1.82) is 0 Å². The molecular weight excluding hydrogens is 299 g/mol. The predicted octanol–water partition coefficient (Wildman–Crippen LogP) is 2.98. The van der Waals surface area contributed by atoms with Crippen LogP contribution >= 0.6 is 0 Å². The molecule has 8 heteroatoms. The Morgan fingerprint density at radius 2 is 2.18 bits per heavy atom. The first-order valence-corrected chi connectivity index (χ1v) is 6.67. The third-order valence-electron chi connectivity index (χ3n) is 3.38. The lowest BCUT2D eigenvalue weighted by atomic mass is 10.1. The molecular formula is C14H12F3N3O2. The van der Waals surface area contributed by atoms with Crippen molar-refractivity contribution in [1.82, 2.24) is 15.3 Å². The van der Waals surface area contributed by atoms with Gasteiger partial charge in [0, 0.05) is 23.9 Å². The van der Waals surface area contributed by atoms with Gasteiger partial charge in [-0.3, -0.25) is 9.78 Å². The summed E-state index contributed by atoms with van der Waals surface area (Å²) in [5, 5.41) is 1.97. The molecule has 0 bridgehead atoms. The zero-order valence-corrected chi connectivity index (χ0v) is 11.3. The number of amides is 1. The molecule has 1 N–H and O–H groups in total. The van der Waals surface area contributed by atoms with Crippen LogP contribution in [0.2, 0.25) is 0 Å². The van der Waals surface area contributed by atoms with Gasteiger partial charge < -0.3 is 9.73 Å². The molecule has 1 saturated carbocycles. The van der Waals surface area contributed by atoms with Crippen molar-refractivity contribution in [2.75, 3.05) is 0 Å². The molecule has 2 aromatic rings. The number of hydrogen-bond donors (Lipinski definition) is 1. The molecule has 1 atom stereocenters. The molecule has 2 aromatic heterocycles. The van der Waals surface area contributed by atoms with Crippen molar-refractivity contribution in [3.8, 4) is 0 Å². The monoisotopic (exact) mass is 311 g/mol. The summed E-state index contributed by atoms with van der Waals surface area (Å²) in [6, 6.07) is 0.500. The standard InChI is InChI=1S/C14H12F3N3O2/c15-14(16,17)12(9-2-1-5-18-6-9)20-13(21)10-11(8-3-4-8)22-7-19-10/h1-2,5-8,12H,3-4H2,(H,20,21)/t12-/m0/s1. The SMILES string of the molecule is O=C(N[C@@H](c1cccnc1)C(F)(F)F)c1ncoc1C1CC1. The molecule has 1 amide bonds. The molecule has 0 spiro atoms. The number of carbonyl (C=O) groups is 1. The van der Waals surface area contributed by atoms with Gasteiger partial charge in [-0.15, -0.1) is 0 Å². The fourth-order valence-electron chi connectivity index (χ4n) is 2.16. The van der Waals surface area contributed by atoms with Gasteiger partial charge in [-0.1, -0.05) is 6.07 Å². The third-order valence-corrected chi connectivity index (χ3v) is 3.38. The fourth-order valence-corrected chi connectivity index (χ4v) is 2.16. The number of hydrogen-bond acceptors (Lipinski definition) is 4. The molecule has 116 valence electrons. The molecule has 2 heterocycles. The lowest BCUT2D eigenvalue weighted by Gasteiger charge is -2.21. The predicted molar refractivity (Wildman–Crippen MR) is 69.0 cm³/mol. The average Bonchev–Trinajstić information content (AvgIpc) is 3.21. The minimum absolute atomic E-state index is 0.0750. The van der Waals surface area contributed by atoms with Gasteiger partial charge in [0.1, 0.15) is 5.76 Å².